The Labute approximate surface area is 166 Å². The smallest absolute Gasteiger partial charge is 0.372 e. The van der Waals surface area contributed by atoms with Crippen molar-refractivity contribution in [2.75, 3.05) is 6.61 Å². The Hall–Kier alpha value is -1.89. The van der Waals surface area contributed by atoms with E-state index in [2.05, 4.69) is 4.74 Å². The van der Waals surface area contributed by atoms with Crippen molar-refractivity contribution in [1.29, 1.82) is 0 Å². The molecule has 0 aromatic carbocycles. The summed E-state index contributed by atoms with van der Waals surface area (Å²) in [6.45, 7) is -2.51. The Balaban J connectivity index is 2.09. The van der Waals surface area contributed by atoms with E-state index in [9.17, 15) is 57.5 Å². The molecule has 14 heteroatoms. The largest absolute Gasteiger partial charge is 0.456 e. The van der Waals surface area contributed by atoms with Crippen molar-refractivity contribution in [3.05, 3.63) is 23.8 Å². The van der Waals surface area contributed by atoms with Gasteiger partial charge in [0, 0.05) is 11.5 Å². The summed E-state index contributed by atoms with van der Waals surface area (Å²) in [4.78, 5) is 11.7. The predicted molar refractivity (Wildman–Crippen MR) is 79.8 cm³/mol. The Kier molecular flexibility index (Phi) is 6.47. The van der Waals surface area contributed by atoms with Gasteiger partial charge in [-0.2, -0.15) is 43.9 Å². The van der Waals surface area contributed by atoms with Crippen LogP contribution < -0.4 is 0 Å². The second-order valence-electron chi connectivity index (χ2n) is 7.25. The monoisotopic (exact) mass is 478 g/mol. The zero-order chi connectivity index (χ0) is 24.0. The van der Waals surface area contributed by atoms with Crippen molar-refractivity contribution >= 4 is 5.97 Å². The quantitative estimate of drug-likeness (QED) is 0.223. The van der Waals surface area contributed by atoms with Crippen molar-refractivity contribution in [1.82, 2.24) is 0 Å². The molecule has 0 fully saturated rings. The number of carbonyl (C=O) groups excluding carboxylic acids is 1. The number of alkyl halides is 12. The van der Waals surface area contributed by atoms with Crippen molar-refractivity contribution in [2.24, 2.45) is 11.8 Å². The molecule has 0 aromatic heterocycles. The third kappa shape index (κ3) is 4.81. The summed E-state index contributed by atoms with van der Waals surface area (Å²) >= 11 is 0. The molecule has 0 saturated heterocycles. The number of carbonyl (C=O) groups is 1. The van der Waals surface area contributed by atoms with Crippen molar-refractivity contribution < 1.29 is 62.2 Å². The minimum Gasteiger partial charge on any atom is -0.456 e. The SMILES string of the molecule is O=C(OCC(F)(F)C(F)(F)CC(F)(F)C(F)(F)C(F)(F)CC(F)F)C1=CC2C=CC1C2. The summed E-state index contributed by atoms with van der Waals surface area (Å²) < 4.78 is 163. The van der Waals surface area contributed by atoms with Crippen LogP contribution >= 0.6 is 0 Å². The molecule has 2 aliphatic carbocycles. The van der Waals surface area contributed by atoms with E-state index >= 15 is 0 Å². The van der Waals surface area contributed by atoms with Crippen LogP contribution in [0, 0.1) is 11.8 Å². The number of allylic oxidation sites excluding steroid dienone is 3. The molecule has 0 N–H and O–H groups in total. The van der Waals surface area contributed by atoms with Gasteiger partial charge in [-0.15, -0.1) is 0 Å². The summed E-state index contributed by atoms with van der Waals surface area (Å²) in [5.74, 6) is -33.4. The van der Waals surface area contributed by atoms with Gasteiger partial charge >= 0.3 is 35.6 Å². The van der Waals surface area contributed by atoms with Crippen LogP contribution in [0.5, 0.6) is 0 Å². The highest BCUT2D eigenvalue weighted by molar-refractivity contribution is 5.90. The highest BCUT2D eigenvalue weighted by Gasteiger charge is 2.75. The third-order valence-electron chi connectivity index (χ3n) is 4.84. The van der Waals surface area contributed by atoms with Gasteiger partial charge in [0.2, 0.25) is 6.43 Å². The van der Waals surface area contributed by atoms with E-state index in [1.807, 2.05) is 0 Å². The highest BCUT2D eigenvalue weighted by Crippen LogP contribution is 2.53. The van der Waals surface area contributed by atoms with Crippen molar-refractivity contribution in [2.45, 2.75) is 55.3 Å². The van der Waals surface area contributed by atoms with E-state index < -0.39 is 67.4 Å². The van der Waals surface area contributed by atoms with Gasteiger partial charge in [0.15, 0.2) is 6.61 Å². The summed E-state index contributed by atoms with van der Waals surface area (Å²) in [5.41, 5.74) is -0.143. The lowest BCUT2D eigenvalue weighted by molar-refractivity contribution is -0.341. The maximum atomic E-state index is 13.7. The first-order valence-electron chi connectivity index (χ1n) is 8.57. The van der Waals surface area contributed by atoms with Crippen LogP contribution in [0.1, 0.15) is 19.3 Å². The molecule has 2 atom stereocenters. The summed E-state index contributed by atoms with van der Waals surface area (Å²) in [5, 5.41) is 0. The van der Waals surface area contributed by atoms with E-state index in [1.165, 1.54) is 12.2 Å². The van der Waals surface area contributed by atoms with Gasteiger partial charge in [0.25, 0.3) is 0 Å². The zero-order valence-electron chi connectivity index (χ0n) is 15.1. The first-order chi connectivity index (χ1) is 13.8. The van der Waals surface area contributed by atoms with E-state index in [-0.39, 0.29) is 11.5 Å². The third-order valence-corrected chi connectivity index (χ3v) is 4.84. The van der Waals surface area contributed by atoms with Gasteiger partial charge in [0.1, 0.15) is 0 Å². The van der Waals surface area contributed by atoms with Crippen LogP contribution in [0.3, 0.4) is 0 Å². The number of ether oxygens (including phenoxy) is 1. The average molecular weight is 478 g/mol. The first kappa shape index (κ1) is 25.4. The molecule has 2 bridgehead atoms. The fraction of sp³-hybridized carbons (Fsp3) is 0.706. The lowest BCUT2D eigenvalue weighted by atomic mass is 9.94. The number of rotatable bonds is 10. The predicted octanol–water partition coefficient (Wildman–Crippen LogP) is 5.88. The fourth-order valence-electron chi connectivity index (χ4n) is 3.11. The average Bonchev–Trinajstić information content (AvgIpc) is 3.20. The number of hydrogen-bond acceptors (Lipinski definition) is 2. The van der Waals surface area contributed by atoms with Gasteiger partial charge in [-0.1, -0.05) is 18.2 Å². The molecule has 178 valence electrons. The van der Waals surface area contributed by atoms with E-state index in [0.29, 0.717) is 6.42 Å². The van der Waals surface area contributed by atoms with Gasteiger partial charge in [-0.3, -0.25) is 0 Å². The number of halogens is 12. The van der Waals surface area contributed by atoms with Crippen LogP contribution in [0.2, 0.25) is 0 Å². The van der Waals surface area contributed by atoms with Crippen LogP contribution in [-0.2, 0) is 9.53 Å². The van der Waals surface area contributed by atoms with Gasteiger partial charge in [0.05, 0.1) is 12.8 Å². The summed E-state index contributed by atoms with van der Waals surface area (Å²) in [6.07, 6.45) is -6.22. The lowest BCUT2D eigenvalue weighted by Gasteiger charge is -2.36. The Bertz CT molecular complexity index is 756. The minimum atomic E-state index is -6.80. The lowest BCUT2D eigenvalue weighted by Crippen LogP contribution is -2.59. The molecule has 2 unspecified atom stereocenters. The Morgan fingerprint density at radius 2 is 1.48 bits per heavy atom. The number of esters is 1. The normalized spacial score (nSPS) is 22.3. The molecule has 2 nitrogen and oxygen atoms in total. The summed E-state index contributed by atoms with van der Waals surface area (Å²) in [7, 11) is 0. The van der Waals surface area contributed by atoms with Crippen LogP contribution in [0.4, 0.5) is 52.7 Å². The second-order valence-corrected chi connectivity index (χ2v) is 7.25. The molecule has 0 saturated carbocycles. The van der Waals surface area contributed by atoms with Gasteiger partial charge in [-0.25, -0.2) is 13.6 Å². The zero-order valence-corrected chi connectivity index (χ0v) is 15.1. The Morgan fingerprint density at radius 1 is 0.903 bits per heavy atom. The standard InChI is InChI=1S/C17H14F12O2/c18-11(19)5-13(20,21)17(28,29)15(24,25)6-14(22,23)16(26,27)7-31-12(30)10-4-8-1-2-9(10)3-8/h1-2,4,8-9,11H,3,5-7H2. The summed E-state index contributed by atoms with van der Waals surface area (Å²) in [6, 6.07) is 0. The molecule has 0 heterocycles. The highest BCUT2D eigenvalue weighted by atomic mass is 19.4. The van der Waals surface area contributed by atoms with Crippen LogP contribution in [0.15, 0.2) is 23.8 Å². The van der Waals surface area contributed by atoms with Crippen LogP contribution in [-0.4, -0.2) is 48.6 Å². The minimum absolute atomic E-state index is 0.143. The fourth-order valence-corrected chi connectivity index (χ4v) is 3.11. The molecule has 31 heavy (non-hydrogen) atoms. The van der Waals surface area contributed by atoms with Crippen molar-refractivity contribution in [3.8, 4) is 0 Å². The van der Waals surface area contributed by atoms with Crippen molar-refractivity contribution in [3.63, 3.8) is 0 Å². The first-order valence-corrected chi connectivity index (χ1v) is 8.57. The Morgan fingerprint density at radius 3 is 1.94 bits per heavy atom. The van der Waals surface area contributed by atoms with Crippen LogP contribution in [0.25, 0.3) is 0 Å². The molecule has 2 aliphatic rings. The molecular weight excluding hydrogens is 464 g/mol. The van der Waals surface area contributed by atoms with E-state index in [0.717, 1.165) is 0 Å². The number of fused-ring (bicyclic) bond motifs is 2. The molecular formula is C17H14F12O2. The van der Waals surface area contributed by atoms with E-state index in [4.69, 9.17) is 0 Å². The molecule has 0 aliphatic heterocycles. The second kappa shape index (κ2) is 7.91. The van der Waals surface area contributed by atoms with E-state index in [1.54, 1.807) is 6.08 Å². The maximum absolute atomic E-state index is 13.7. The van der Waals surface area contributed by atoms with Gasteiger partial charge in [-0.05, 0) is 12.3 Å². The van der Waals surface area contributed by atoms with Gasteiger partial charge < -0.3 is 4.74 Å². The molecule has 0 aromatic rings. The molecule has 0 radical (unpaired) electrons. The maximum Gasteiger partial charge on any atom is 0.372 e. The topological polar surface area (TPSA) is 26.3 Å². The molecule has 2 rings (SSSR count). The molecule has 0 spiro atoms. The molecule has 0 amide bonds. The number of hydrogen-bond donors (Lipinski definition) is 0.